The van der Waals surface area contributed by atoms with Crippen LogP contribution in [0.25, 0.3) is 0 Å². The molecule has 1 aliphatic rings. The number of nitrogens with one attached hydrogen (secondary N) is 1. The Bertz CT molecular complexity index is 524. The van der Waals surface area contributed by atoms with Gasteiger partial charge < -0.3 is 24.8 Å². The van der Waals surface area contributed by atoms with E-state index < -0.39 is 5.97 Å². The first-order chi connectivity index (χ1) is 10.1. The second-order valence-electron chi connectivity index (χ2n) is 4.60. The van der Waals surface area contributed by atoms with E-state index in [1.165, 1.54) is 25.3 Å². The maximum absolute atomic E-state index is 12.2. The summed E-state index contributed by atoms with van der Waals surface area (Å²) in [7, 11) is 1.46. The fourth-order valence-corrected chi connectivity index (χ4v) is 2.08. The van der Waals surface area contributed by atoms with Crippen molar-refractivity contribution < 1.29 is 24.2 Å². The SMILES string of the molecule is COc1ccc(C(=O)O)cc1NC(=O)N1CCCOCC1. The van der Waals surface area contributed by atoms with Crippen molar-refractivity contribution in [2.24, 2.45) is 0 Å². The smallest absolute Gasteiger partial charge is 0.335 e. The number of carboxylic acids is 1. The van der Waals surface area contributed by atoms with Crippen LogP contribution in [0, 0.1) is 0 Å². The number of hydrogen-bond donors (Lipinski definition) is 2. The van der Waals surface area contributed by atoms with E-state index in [-0.39, 0.29) is 11.6 Å². The summed E-state index contributed by atoms with van der Waals surface area (Å²) in [6.07, 6.45) is 0.778. The van der Waals surface area contributed by atoms with Gasteiger partial charge in [-0.3, -0.25) is 0 Å². The summed E-state index contributed by atoms with van der Waals surface area (Å²) in [5.41, 5.74) is 0.429. The van der Waals surface area contributed by atoms with Gasteiger partial charge in [-0.25, -0.2) is 9.59 Å². The molecular weight excluding hydrogens is 276 g/mol. The maximum atomic E-state index is 12.2. The number of urea groups is 1. The summed E-state index contributed by atoms with van der Waals surface area (Å²) in [6, 6.07) is 4.04. The minimum absolute atomic E-state index is 0.0882. The molecule has 21 heavy (non-hydrogen) atoms. The van der Waals surface area contributed by atoms with E-state index in [9.17, 15) is 9.59 Å². The van der Waals surface area contributed by atoms with Crippen LogP contribution in [0.15, 0.2) is 18.2 Å². The number of carbonyl (C=O) groups is 2. The van der Waals surface area contributed by atoms with E-state index in [0.717, 1.165) is 6.42 Å². The normalized spacial score (nSPS) is 15.2. The molecule has 1 aromatic rings. The lowest BCUT2D eigenvalue weighted by molar-refractivity contribution is 0.0697. The van der Waals surface area contributed by atoms with Gasteiger partial charge in [-0.15, -0.1) is 0 Å². The van der Waals surface area contributed by atoms with Crippen LogP contribution in [0.1, 0.15) is 16.8 Å². The highest BCUT2D eigenvalue weighted by Crippen LogP contribution is 2.26. The van der Waals surface area contributed by atoms with Crippen LogP contribution < -0.4 is 10.1 Å². The summed E-state index contributed by atoms with van der Waals surface area (Å²) in [5, 5.41) is 11.7. The molecule has 0 radical (unpaired) electrons. The van der Waals surface area contributed by atoms with Crippen LogP contribution in [0.5, 0.6) is 5.75 Å². The second kappa shape index (κ2) is 6.94. The number of aromatic carboxylic acids is 1. The highest BCUT2D eigenvalue weighted by Gasteiger charge is 2.18. The summed E-state index contributed by atoms with van der Waals surface area (Å²) in [6.45, 7) is 2.25. The zero-order chi connectivity index (χ0) is 15.2. The van der Waals surface area contributed by atoms with Crippen molar-refractivity contribution >= 4 is 17.7 Å². The van der Waals surface area contributed by atoms with Crippen molar-refractivity contribution in [2.45, 2.75) is 6.42 Å². The number of nitrogens with zero attached hydrogens (tertiary/aromatic N) is 1. The van der Waals surface area contributed by atoms with Gasteiger partial charge in [-0.1, -0.05) is 0 Å². The molecule has 2 amide bonds. The third kappa shape index (κ3) is 3.85. The lowest BCUT2D eigenvalue weighted by Gasteiger charge is -2.21. The summed E-state index contributed by atoms with van der Waals surface area (Å²) < 4.78 is 10.4. The second-order valence-corrected chi connectivity index (χ2v) is 4.60. The quantitative estimate of drug-likeness (QED) is 0.885. The first-order valence-corrected chi connectivity index (χ1v) is 6.67. The monoisotopic (exact) mass is 294 g/mol. The Morgan fingerprint density at radius 1 is 1.33 bits per heavy atom. The average Bonchev–Trinajstić information content (AvgIpc) is 2.76. The maximum Gasteiger partial charge on any atom is 0.335 e. The number of amides is 2. The van der Waals surface area contributed by atoms with Gasteiger partial charge in [-0.2, -0.15) is 0 Å². The Morgan fingerprint density at radius 2 is 2.14 bits per heavy atom. The van der Waals surface area contributed by atoms with Crippen molar-refractivity contribution in [2.75, 3.05) is 38.7 Å². The van der Waals surface area contributed by atoms with E-state index in [4.69, 9.17) is 14.6 Å². The zero-order valence-corrected chi connectivity index (χ0v) is 11.8. The number of rotatable bonds is 3. The van der Waals surface area contributed by atoms with E-state index in [1.54, 1.807) is 4.90 Å². The molecule has 114 valence electrons. The average molecular weight is 294 g/mol. The Kier molecular flexibility index (Phi) is 4.99. The van der Waals surface area contributed by atoms with Gasteiger partial charge in [0.15, 0.2) is 0 Å². The van der Waals surface area contributed by atoms with Gasteiger partial charge in [0.1, 0.15) is 5.75 Å². The molecule has 1 heterocycles. The largest absolute Gasteiger partial charge is 0.495 e. The number of anilines is 1. The number of hydrogen-bond acceptors (Lipinski definition) is 4. The first-order valence-electron chi connectivity index (χ1n) is 6.67. The van der Waals surface area contributed by atoms with Crippen molar-refractivity contribution in [3.05, 3.63) is 23.8 Å². The van der Waals surface area contributed by atoms with Crippen LogP contribution in [0.3, 0.4) is 0 Å². The van der Waals surface area contributed by atoms with Crippen LogP contribution in [-0.4, -0.2) is 55.4 Å². The molecule has 1 saturated heterocycles. The first kappa shape index (κ1) is 15.1. The molecular formula is C14H18N2O5. The molecule has 0 bridgehead atoms. The third-order valence-corrected chi connectivity index (χ3v) is 3.20. The minimum Gasteiger partial charge on any atom is -0.495 e. The van der Waals surface area contributed by atoms with Gasteiger partial charge in [0, 0.05) is 19.7 Å². The molecule has 7 heteroatoms. The fourth-order valence-electron chi connectivity index (χ4n) is 2.08. The molecule has 0 atom stereocenters. The molecule has 0 aromatic heterocycles. The van der Waals surface area contributed by atoms with Gasteiger partial charge >= 0.3 is 12.0 Å². The highest BCUT2D eigenvalue weighted by molar-refractivity contribution is 5.94. The van der Waals surface area contributed by atoms with Crippen molar-refractivity contribution in [1.82, 2.24) is 4.90 Å². The van der Waals surface area contributed by atoms with Gasteiger partial charge in [-0.05, 0) is 24.6 Å². The Labute approximate surface area is 122 Å². The molecule has 2 rings (SSSR count). The summed E-state index contributed by atoms with van der Waals surface area (Å²) in [5.74, 6) is -0.643. The summed E-state index contributed by atoms with van der Waals surface area (Å²) >= 11 is 0. The molecule has 1 aromatic carbocycles. The van der Waals surface area contributed by atoms with Crippen molar-refractivity contribution in [3.63, 3.8) is 0 Å². The van der Waals surface area contributed by atoms with Crippen LogP contribution in [0.2, 0.25) is 0 Å². The molecule has 0 aliphatic carbocycles. The molecule has 0 spiro atoms. The predicted octanol–water partition coefficient (Wildman–Crippen LogP) is 1.65. The molecule has 0 unspecified atom stereocenters. The molecule has 2 N–H and O–H groups in total. The Hall–Kier alpha value is -2.28. The van der Waals surface area contributed by atoms with Crippen LogP contribution in [-0.2, 0) is 4.74 Å². The number of benzene rings is 1. The third-order valence-electron chi connectivity index (χ3n) is 3.20. The number of carbonyl (C=O) groups excluding carboxylic acids is 1. The van der Waals surface area contributed by atoms with E-state index in [0.29, 0.717) is 37.7 Å². The van der Waals surface area contributed by atoms with Crippen LogP contribution in [0.4, 0.5) is 10.5 Å². The Balaban J connectivity index is 2.14. The Morgan fingerprint density at radius 3 is 2.86 bits per heavy atom. The lowest BCUT2D eigenvalue weighted by atomic mass is 10.2. The molecule has 0 saturated carbocycles. The van der Waals surface area contributed by atoms with Crippen LogP contribution >= 0.6 is 0 Å². The molecule has 1 fully saturated rings. The minimum atomic E-state index is -1.06. The van der Waals surface area contributed by atoms with Gasteiger partial charge in [0.2, 0.25) is 0 Å². The van der Waals surface area contributed by atoms with Gasteiger partial charge in [0.05, 0.1) is 25.0 Å². The fraction of sp³-hybridized carbons (Fsp3) is 0.429. The standard InChI is InChI=1S/C14H18N2O5/c1-20-12-4-3-10(13(17)18)9-11(12)15-14(19)16-5-2-7-21-8-6-16/h3-4,9H,2,5-8H2,1H3,(H,15,19)(H,17,18). The molecule has 7 nitrogen and oxygen atoms in total. The number of ether oxygens (including phenoxy) is 2. The zero-order valence-electron chi connectivity index (χ0n) is 11.8. The van der Waals surface area contributed by atoms with E-state index >= 15 is 0 Å². The number of carboxylic acid groups (broad SMARTS) is 1. The topological polar surface area (TPSA) is 88.1 Å². The van der Waals surface area contributed by atoms with Crippen molar-refractivity contribution in [1.29, 1.82) is 0 Å². The van der Waals surface area contributed by atoms with E-state index in [2.05, 4.69) is 5.32 Å². The molecule has 1 aliphatic heterocycles. The lowest BCUT2D eigenvalue weighted by Crippen LogP contribution is -2.36. The predicted molar refractivity (Wildman–Crippen MR) is 76.0 cm³/mol. The van der Waals surface area contributed by atoms with Gasteiger partial charge in [0.25, 0.3) is 0 Å². The highest BCUT2D eigenvalue weighted by atomic mass is 16.5. The van der Waals surface area contributed by atoms with E-state index in [1.807, 2.05) is 0 Å². The van der Waals surface area contributed by atoms with Crippen molar-refractivity contribution in [3.8, 4) is 5.75 Å². The summed E-state index contributed by atoms with van der Waals surface area (Å²) in [4.78, 5) is 24.9. The number of methoxy groups -OCH3 is 1.